The molecule has 2 aromatic carbocycles. The summed E-state index contributed by atoms with van der Waals surface area (Å²) in [6.07, 6.45) is 0.208. The smallest absolute Gasteiger partial charge is 0.268 e. The van der Waals surface area contributed by atoms with Gasteiger partial charge in [-0.1, -0.05) is 22.0 Å². The number of halogens is 1. The minimum Gasteiger partial charge on any atom is -0.492 e. The van der Waals surface area contributed by atoms with Crippen LogP contribution in [0.25, 0.3) is 0 Å². The maximum Gasteiger partial charge on any atom is 0.268 e. The van der Waals surface area contributed by atoms with Crippen LogP contribution in [0.1, 0.15) is 30.1 Å². The second kappa shape index (κ2) is 8.34. The Bertz CT molecular complexity index is 1080. The van der Waals surface area contributed by atoms with E-state index < -0.39 is 15.9 Å². The lowest BCUT2D eigenvalue weighted by Crippen LogP contribution is -2.32. The lowest BCUT2D eigenvalue weighted by Gasteiger charge is -2.15. The fourth-order valence-electron chi connectivity index (χ4n) is 2.85. The lowest BCUT2D eigenvalue weighted by atomic mass is 10.2. The molecule has 29 heavy (non-hydrogen) atoms. The predicted octanol–water partition coefficient (Wildman–Crippen LogP) is 2.62. The van der Waals surface area contributed by atoms with E-state index in [1.54, 1.807) is 13.0 Å². The van der Waals surface area contributed by atoms with Crippen molar-refractivity contribution in [1.82, 2.24) is 4.72 Å². The second-order valence-corrected chi connectivity index (χ2v) is 8.70. The Morgan fingerprint density at radius 2 is 1.83 bits per heavy atom. The normalized spacial score (nSPS) is 14.2. The number of carbonyl (C=O) groups is 3. The number of sulfonamides is 1. The summed E-state index contributed by atoms with van der Waals surface area (Å²) < 4.78 is 33.4. The summed E-state index contributed by atoms with van der Waals surface area (Å²) in [4.78, 5) is 37.2. The molecule has 1 aliphatic heterocycles. The van der Waals surface area contributed by atoms with Crippen LogP contribution >= 0.6 is 15.9 Å². The number of ether oxygens (including phenoxy) is 1. The fourth-order valence-corrected chi connectivity index (χ4v) is 4.51. The van der Waals surface area contributed by atoms with Gasteiger partial charge in [0.2, 0.25) is 11.8 Å². The van der Waals surface area contributed by atoms with Gasteiger partial charge in [0.15, 0.2) is 0 Å². The molecule has 8 nitrogen and oxygen atoms in total. The molecule has 10 heteroatoms. The number of hydrogen-bond donors (Lipinski definition) is 1. The molecule has 1 N–H and O–H groups in total. The Hall–Kier alpha value is -2.72. The first-order valence-electron chi connectivity index (χ1n) is 8.68. The monoisotopic (exact) mass is 480 g/mol. The van der Waals surface area contributed by atoms with Crippen LogP contribution in [0, 0.1) is 0 Å². The average Bonchev–Trinajstić information content (AvgIpc) is 3.01. The van der Waals surface area contributed by atoms with E-state index >= 15 is 0 Å². The zero-order valence-electron chi connectivity index (χ0n) is 15.3. The number of amides is 3. The Kier molecular flexibility index (Phi) is 6.04. The molecule has 3 rings (SSSR count). The van der Waals surface area contributed by atoms with E-state index in [1.165, 1.54) is 36.4 Å². The molecule has 152 valence electrons. The highest BCUT2D eigenvalue weighted by atomic mass is 79.9. The summed E-state index contributed by atoms with van der Waals surface area (Å²) in [6.45, 7) is 1.96. The lowest BCUT2D eigenvalue weighted by molar-refractivity contribution is -0.121. The molecule has 0 bridgehead atoms. The van der Waals surface area contributed by atoms with E-state index in [2.05, 4.69) is 15.9 Å². The van der Waals surface area contributed by atoms with Crippen molar-refractivity contribution < 1.29 is 27.5 Å². The van der Waals surface area contributed by atoms with Gasteiger partial charge in [0, 0.05) is 22.9 Å². The van der Waals surface area contributed by atoms with Gasteiger partial charge in [-0.25, -0.2) is 13.1 Å². The Morgan fingerprint density at radius 3 is 2.48 bits per heavy atom. The van der Waals surface area contributed by atoms with Crippen molar-refractivity contribution in [2.75, 3.05) is 11.5 Å². The number of benzene rings is 2. The Balaban J connectivity index is 1.89. The van der Waals surface area contributed by atoms with Crippen LogP contribution < -0.4 is 14.4 Å². The molecule has 0 aliphatic carbocycles. The van der Waals surface area contributed by atoms with Crippen LogP contribution in [0.2, 0.25) is 0 Å². The molecule has 1 aliphatic rings. The van der Waals surface area contributed by atoms with Crippen molar-refractivity contribution in [1.29, 1.82) is 0 Å². The number of imide groups is 1. The topological polar surface area (TPSA) is 110 Å². The maximum atomic E-state index is 12.8. The third-order valence-electron chi connectivity index (χ3n) is 4.14. The predicted molar refractivity (Wildman–Crippen MR) is 108 cm³/mol. The number of carbonyl (C=O) groups excluding carboxylic acids is 3. The minimum absolute atomic E-state index is 0.00784. The van der Waals surface area contributed by atoms with E-state index in [-0.39, 0.29) is 53.2 Å². The molecule has 0 radical (unpaired) electrons. The molecular formula is C19H17BrN2O6S. The Morgan fingerprint density at radius 1 is 1.14 bits per heavy atom. The van der Waals surface area contributed by atoms with Gasteiger partial charge < -0.3 is 4.74 Å². The van der Waals surface area contributed by atoms with Crippen LogP contribution in [0.3, 0.4) is 0 Å². The van der Waals surface area contributed by atoms with Crippen molar-refractivity contribution >= 4 is 49.4 Å². The molecule has 3 amide bonds. The van der Waals surface area contributed by atoms with Crippen molar-refractivity contribution in [3.05, 3.63) is 52.5 Å². The van der Waals surface area contributed by atoms with Crippen LogP contribution in [-0.2, 0) is 19.6 Å². The number of rotatable bonds is 6. The SMILES string of the molecule is CCOc1ccc(Br)cc1S(=O)(=O)NC(=O)c1cccc(N2C(=O)CCC2=O)c1. The van der Waals surface area contributed by atoms with Crippen molar-refractivity contribution in [3.63, 3.8) is 0 Å². The van der Waals surface area contributed by atoms with Crippen LogP contribution in [0.15, 0.2) is 51.8 Å². The van der Waals surface area contributed by atoms with Crippen molar-refractivity contribution in [3.8, 4) is 5.75 Å². The standard InChI is InChI=1S/C19H17BrN2O6S/c1-2-28-15-7-6-13(20)11-16(15)29(26,27)21-19(25)12-4-3-5-14(10-12)22-17(23)8-9-18(22)24/h3-7,10-11H,2,8-9H2,1H3,(H,21,25). The summed E-state index contributed by atoms with van der Waals surface area (Å²) >= 11 is 3.21. The van der Waals surface area contributed by atoms with Crippen LogP contribution in [0.5, 0.6) is 5.75 Å². The summed E-state index contributed by atoms with van der Waals surface area (Å²) in [5, 5.41) is 0. The zero-order valence-corrected chi connectivity index (χ0v) is 17.7. The van der Waals surface area contributed by atoms with Gasteiger partial charge >= 0.3 is 0 Å². The van der Waals surface area contributed by atoms with Crippen LogP contribution in [-0.4, -0.2) is 32.7 Å². The van der Waals surface area contributed by atoms with E-state index in [1.807, 2.05) is 4.72 Å². The summed E-state index contributed by atoms with van der Waals surface area (Å²) in [6, 6.07) is 10.1. The number of anilines is 1. The largest absolute Gasteiger partial charge is 0.492 e. The van der Waals surface area contributed by atoms with Gasteiger partial charge in [0.1, 0.15) is 10.6 Å². The van der Waals surface area contributed by atoms with E-state index in [4.69, 9.17) is 4.74 Å². The summed E-state index contributed by atoms with van der Waals surface area (Å²) in [5.41, 5.74) is 0.214. The number of hydrogen-bond acceptors (Lipinski definition) is 6. The van der Waals surface area contributed by atoms with E-state index in [0.717, 1.165) is 4.90 Å². The third-order valence-corrected chi connectivity index (χ3v) is 5.99. The third kappa shape index (κ3) is 4.48. The first-order chi connectivity index (χ1) is 13.7. The van der Waals surface area contributed by atoms with Gasteiger partial charge in [-0.3, -0.25) is 19.3 Å². The summed E-state index contributed by atoms with van der Waals surface area (Å²) in [7, 11) is -4.24. The van der Waals surface area contributed by atoms with Gasteiger partial charge in [0.25, 0.3) is 15.9 Å². The molecule has 0 atom stereocenters. The average molecular weight is 481 g/mol. The second-order valence-electron chi connectivity index (χ2n) is 6.13. The van der Waals surface area contributed by atoms with Gasteiger partial charge in [-0.05, 0) is 43.3 Å². The molecule has 2 aromatic rings. The molecule has 1 saturated heterocycles. The molecule has 0 spiro atoms. The first kappa shape index (κ1) is 21.0. The van der Waals surface area contributed by atoms with Gasteiger partial charge in [-0.15, -0.1) is 0 Å². The summed E-state index contributed by atoms with van der Waals surface area (Å²) in [5.74, 6) is -1.52. The van der Waals surface area contributed by atoms with Gasteiger partial charge in [0.05, 0.1) is 12.3 Å². The van der Waals surface area contributed by atoms with Crippen molar-refractivity contribution in [2.45, 2.75) is 24.7 Å². The molecular weight excluding hydrogens is 464 g/mol. The van der Waals surface area contributed by atoms with Gasteiger partial charge in [-0.2, -0.15) is 0 Å². The van der Waals surface area contributed by atoms with E-state index in [0.29, 0.717) is 4.47 Å². The maximum absolute atomic E-state index is 12.8. The number of nitrogens with one attached hydrogen (secondary N) is 1. The highest BCUT2D eigenvalue weighted by Crippen LogP contribution is 2.28. The molecule has 1 fully saturated rings. The molecule has 0 aromatic heterocycles. The molecule has 0 unspecified atom stereocenters. The fraction of sp³-hybridized carbons (Fsp3) is 0.211. The molecule has 1 heterocycles. The van der Waals surface area contributed by atoms with Crippen molar-refractivity contribution in [2.24, 2.45) is 0 Å². The van der Waals surface area contributed by atoms with E-state index in [9.17, 15) is 22.8 Å². The quantitative estimate of drug-likeness (QED) is 0.636. The highest BCUT2D eigenvalue weighted by Gasteiger charge is 2.31. The highest BCUT2D eigenvalue weighted by molar-refractivity contribution is 9.10. The molecule has 0 saturated carbocycles. The Labute approximate surface area is 176 Å². The van der Waals surface area contributed by atoms with Crippen LogP contribution in [0.4, 0.5) is 5.69 Å². The first-order valence-corrected chi connectivity index (χ1v) is 11.0. The number of nitrogens with zero attached hydrogens (tertiary/aromatic N) is 1. The zero-order chi connectivity index (χ0) is 21.2. The minimum atomic E-state index is -4.24.